The van der Waals surface area contributed by atoms with E-state index in [2.05, 4.69) is 4.74 Å². The lowest BCUT2D eigenvalue weighted by atomic mass is 9.47. The van der Waals surface area contributed by atoms with Gasteiger partial charge in [0, 0.05) is 5.56 Å². The van der Waals surface area contributed by atoms with Crippen LogP contribution in [-0.2, 0) is 50.0 Å². The van der Waals surface area contributed by atoms with Gasteiger partial charge in [-0.25, -0.2) is 19.2 Å². The zero-order valence-corrected chi connectivity index (χ0v) is 23.8. The molecule has 44 heavy (non-hydrogen) atoms. The van der Waals surface area contributed by atoms with E-state index in [1.165, 1.54) is 13.2 Å². The number of carboxylic acids is 2. The molecule has 1 spiro atoms. The summed E-state index contributed by atoms with van der Waals surface area (Å²) in [5.74, 6) is -7.09. The number of hydrogen-bond acceptors (Lipinski definition) is 13. The molecule has 1 aromatic rings. The number of carbonyl (C=O) groups is 5. The van der Waals surface area contributed by atoms with Crippen LogP contribution in [0, 0.1) is 5.92 Å². The molecule has 15 heteroatoms. The number of carboxylic acid groups (broad SMARTS) is 2. The van der Waals surface area contributed by atoms with Crippen LogP contribution in [0.2, 0.25) is 0 Å². The summed E-state index contributed by atoms with van der Waals surface area (Å²) in [6.07, 6.45) is -6.62. The van der Waals surface area contributed by atoms with E-state index >= 15 is 0 Å². The zero-order valence-electron chi connectivity index (χ0n) is 23.8. The third-order valence-corrected chi connectivity index (χ3v) is 8.99. The Morgan fingerprint density at radius 3 is 2.41 bits per heavy atom. The van der Waals surface area contributed by atoms with Gasteiger partial charge in [-0.1, -0.05) is 12.5 Å². The quantitative estimate of drug-likeness (QED) is 0.158. The van der Waals surface area contributed by atoms with E-state index in [9.17, 15) is 39.3 Å². The number of ether oxygens (including phenoxy) is 5. The van der Waals surface area contributed by atoms with Gasteiger partial charge in [-0.2, -0.15) is 0 Å². The van der Waals surface area contributed by atoms with Gasteiger partial charge >= 0.3 is 29.8 Å². The Morgan fingerprint density at radius 2 is 1.75 bits per heavy atom. The highest BCUT2D eigenvalue weighted by Gasteiger charge is 2.71. The van der Waals surface area contributed by atoms with Crippen LogP contribution in [0.3, 0.4) is 0 Å². The maximum absolute atomic E-state index is 13.0. The first-order valence-electron chi connectivity index (χ1n) is 14.0. The van der Waals surface area contributed by atoms with E-state index in [1.54, 1.807) is 6.07 Å². The third-order valence-electron chi connectivity index (χ3n) is 8.99. The van der Waals surface area contributed by atoms with Crippen molar-refractivity contribution in [2.45, 2.75) is 87.0 Å². The number of rotatable bonds is 11. The van der Waals surface area contributed by atoms with E-state index in [0.717, 1.165) is 30.9 Å². The van der Waals surface area contributed by atoms with Crippen molar-refractivity contribution in [3.63, 3.8) is 0 Å². The maximum atomic E-state index is 13.0. The van der Waals surface area contributed by atoms with E-state index in [4.69, 9.17) is 29.2 Å². The summed E-state index contributed by atoms with van der Waals surface area (Å²) in [6, 6.07) is 3.71. The standard InChI is InChI=1S/C29H32O15/c1-12(25(36)43-17(24(34)35)11-18(30)31)41-26(37)20(32)21(33)27(38)42-16-7-9-29(39)14-4-3-8-28(29)19-13(10-14)5-6-15(40-2)22(19)44-23(16)28/h5-7,12,14,17,20-21,23,32-33,39H,3-4,8-11H2,1-2H3,(H,30,31)(H,34,35)/t12-,14-,17-,20+,21+,23+,28+,29-/m0/s1. The van der Waals surface area contributed by atoms with Gasteiger partial charge < -0.3 is 49.2 Å². The number of hydrogen-bond donors (Lipinski definition) is 5. The molecule has 0 radical (unpaired) electrons. The molecule has 3 aliphatic carbocycles. The lowest BCUT2D eigenvalue weighted by Crippen LogP contribution is -2.67. The molecule has 0 saturated heterocycles. The molecule has 1 fully saturated rings. The normalized spacial score (nSPS) is 28.5. The summed E-state index contributed by atoms with van der Waals surface area (Å²) in [7, 11) is 1.48. The largest absolute Gasteiger partial charge is 0.493 e. The highest BCUT2D eigenvalue weighted by atomic mass is 16.6. The average molecular weight is 621 g/mol. The molecule has 2 bridgehead atoms. The summed E-state index contributed by atoms with van der Waals surface area (Å²) >= 11 is 0. The van der Waals surface area contributed by atoms with Gasteiger partial charge in [0.05, 0.1) is 24.5 Å². The van der Waals surface area contributed by atoms with Crippen LogP contribution >= 0.6 is 0 Å². The van der Waals surface area contributed by atoms with Crippen LogP contribution in [0.1, 0.15) is 50.2 Å². The number of aliphatic hydroxyl groups is 3. The minimum Gasteiger partial charge on any atom is -0.493 e. The zero-order chi connectivity index (χ0) is 32.1. The van der Waals surface area contributed by atoms with Gasteiger partial charge in [0.1, 0.15) is 5.76 Å². The van der Waals surface area contributed by atoms with Crippen LogP contribution in [0.15, 0.2) is 24.0 Å². The molecule has 1 aliphatic heterocycles. The van der Waals surface area contributed by atoms with Crippen molar-refractivity contribution in [3.05, 3.63) is 35.1 Å². The van der Waals surface area contributed by atoms with Gasteiger partial charge in [-0.05, 0) is 56.2 Å². The second kappa shape index (κ2) is 11.4. The topological polar surface area (TPSA) is 233 Å². The van der Waals surface area contributed by atoms with Crippen LogP contribution in [-0.4, -0.2) is 98.6 Å². The van der Waals surface area contributed by atoms with Crippen molar-refractivity contribution in [3.8, 4) is 11.5 Å². The highest BCUT2D eigenvalue weighted by molar-refractivity contribution is 5.88. The van der Waals surface area contributed by atoms with Crippen LogP contribution in [0.25, 0.3) is 0 Å². The van der Waals surface area contributed by atoms with Crippen molar-refractivity contribution >= 4 is 29.8 Å². The molecule has 4 aliphatic rings. The molecule has 1 saturated carbocycles. The molecule has 15 nitrogen and oxygen atoms in total. The van der Waals surface area contributed by atoms with E-state index in [0.29, 0.717) is 24.3 Å². The van der Waals surface area contributed by atoms with Crippen LogP contribution in [0.4, 0.5) is 0 Å². The molecule has 1 heterocycles. The fourth-order valence-corrected chi connectivity index (χ4v) is 6.98. The third kappa shape index (κ3) is 4.84. The molecular weight excluding hydrogens is 588 g/mol. The Kier molecular flexibility index (Phi) is 8.07. The summed E-state index contributed by atoms with van der Waals surface area (Å²) in [5, 5.41) is 50.7. The second-order valence-electron chi connectivity index (χ2n) is 11.4. The summed E-state index contributed by atoms with van der Waals surface area (Å²) in [4.78, 5) is 59.4. The Hall–Kier alpha value is -4.21. The van der Waals surface area contributed by atoms with Gasteiger partial charge in [0.25, 0.3) is 0 Å². The fourth-order valence-electron chi connectivity index (χ4n) is 6.98. The Balaban J connectivity index is 1.29. The number of aliphatic hydroxyl groups excluding tert-OH is 2. The first-order chi connectivity index (χ1) is 20.7. The summed E-state index contributed by atoms with van der Waals surface area (Å²) in [5.41, 5.74) is -0.383. The molecule has 0 unspecified atom stereocenters. The van der Waals surface area contributed by atoms with Gasteiger partial charge in [-0.15, -0.1) is 0 Å². The Bertz CT molecular complexity index is 1430. The van der Waals surface area contributed by atoms with E-state index in [1.807, 2.05) is 6.07 Å². The minimum atomic E-state index is -2.53. The minimum absolute atomic E-state index is 0.0267. The van der Waals surface area contributed by atoms with Crippen molar-refractivity contribution in [1.29, 1.82) is 0 Å². The van der Waals surface area contributed by atoms with Gasteiger partial charge in [0.2, 0.25) is 6.10 Å². The van der Waals surface area contributed by atoms with Crippen molar-refractivity contribution in [2.75, 3.05) is 7.11 Å². The molecule has 238 valence electrons. The molecule has 8 atom stereocenters. The maximum Gasteiger partial charge on any atom is 0.348 e. The lowest BCUT2D eigenvalue weighted by Gasteiger charge is -2.59. The van der Waals surface area contributed by atoms with Crippen LogP contribution in [0.5, 0.6) is 11.5 Å². The summed E-state index contributed by atoms with van der Waals surface area (Å²) in [6.45, 7) is 0.948. The van der Waals surface area contributed by atoms with Crippen molar-refractivity contribution in [2.24, 2.45) is 5.92 Å². The van der Waals surface area contributed by atoms with Crippen LogP contribution < -0.4 is 9.47 Å². The van der Waals surface area contributed by atoms with Gasteiger partial charge in [-0.3, -0.25) is 4.79 Å². The van der Waals surface area contributed by atoms with Crippen molar-refractivity contribution < 1.29 is 73.2 Å². The first-order valence-corrected chi connectivity index (χ1v) is 14.0. The lowest BCUT2D eigenvalue weighted by molar-refractivity contribution is -0.185. The highest BCUT2D eigenvalue weighted by Crippen LogP contribution is 2.67. The predicted molar refractivity (Wildman–Crippen MR) is 141 cm³/mol. The Morgan fingerprint density at radius 1 is 1.05 bits per heavy atom. The number of aliphatic carboxylic acids is 2. The molecule has 0 amide bonds. The SMILES string of the molecule is COc1ccc2c3c1O[C@@H]1C(OC(=O)[C@H](O)[C@@H](O)C(=O)O[C@@H](C)C(=O)O[C@@H](CC(=O)O)C(=O)O)=CC[C@]4(O)[C@@H](CCC[C@@]314)C2. The monoisotopic (exact) mass is 620 g/mol. The predicted octanol–water partition coefficient (Wildman–Crippen LogP) is -0.263. The molecule has 1 aromatic carbocycles. The average Bonchev–Trinajstić information content (AvgIpc) is 3.32. The second-order valence-corrected chi connectivity index (χ2v) is 11.4. The number of esters is 3. The van der Waals surface area contributed by atoms with Crippen molar-refractivity contribution in [1.82, 2.24) is 0 Å². The van der Waals surface area contributed by atoms with Gasteiger partial charge in [0.15, 0.2) is 35.9 Å². The molecule has 5 N–H and O–H groups in total. The molecule has 0 aromatic heterocycles. The number of benzene rings is 1. The molecule has 5 rings (SSSR count). The Labute approximate surface area is 249 Å². The molecular formula is C29H32O15. The summed E-state index contributed by atoms with van der Waals surface area (Å²) < 4.78 is 26.5. The van der Waals surface area contributed by atoms with E-state index < -0.39 is 77.8 Å². The number of carbonyl (C=O) groups excluding carboxylic acids is 3. The fraction of sp³-hybridized carbons (Fsp3) is 0.552. The van der Waals surface area contributed by atoms with E-state index in [-0.39, 0.29) is 18.1 Å². The smallest absolute Gasteiger partial charge is 0.348 e. The first kappa shape index (κ1) is 31.2. The number of methoxy groups -OCH3 is 1.